The molecule has 136 valence electrons. The molecule has 7 N–H and O–H groups in total. The number of hydrogen-bond donors (Lipinski definition) is 6. The molecule has 0 heterocycles. The highest BCUT2D eigenvalue weighted by molar-refractivity contribution is 6.25. The van der Waals surface area contributed by atoms with E-state index in [2.05, 4.69) is 0 Å². The van der Waals surface area contributed by atoms with Crippen molar-refractivity contribution in [2.45, 2.75) is 6.29 Å². The zero-order valence-corrected chi connectivity index (χ0v) is 13.1. The lowest BCUT2D eigenvalue weighted by molar-refractivity contribution is -0.0361. The third-order valence-electron chi connectivity index (χ3n) is 3.56. The molecule has 0 atom stereocenters. The Kier molecular flexibility index (Phi) is 5.19. The number of carbonyl (C=O) groups excluding carboxylic acids is 2. The highest BCUT2D eigenvalue weighted by Gasteiger charge is 2.32. The van der Waals surface area contributed by atoms with Crippen molar-refractivity contribution in [3.05, 3.63) is 46.5 Å². The molecule has 0 aliphatic heterocycles. The van der Waals surface area contributed by atoms with E-state index in [9.17, 15) is 29.4 Å². The molecule has 0 saturated heterocycles. The number of rotatable bonds is 6. The predicted octanol–water partition coefficient (Wildman–Crippen LogP) is -0.624. The van der Waals surface area contributed by atoms with Gasteiger partial charge in [0.15, 0.2) is 6.29 Å². The Hall–Kier alpha value is -3.50. The van der Waals surface area contributed by atoms with E-state index in [4.69, 9.17) is 15.9 Å². The summed E-state index contributed by atoms with van der Waals surface area (Å²) in [7, 11) is 0. The van der Waals surface area contributed by atoms with E-state index in [1.165, 1.54) is 24.3 Å². The number of nitrogens with one attached hydrogen (secondary N) is 1. The first kappa shape index (κ1) is 18.8. The number of carboxylic acids is 2. The standard InChI is InChI=1S/C16H14N2O8/c17-13(21)9-6-3-1-2-4-7(6)10(15(23)24)12(16(25)26)11(9)14(22)18-5-8(19)20/h1-4,8,19-20H,5H2,(H2,17,21)(H,18,22)(H,23,24)(H,25,26). The molecular formula is C16H14N2O8. The Labute approximate surface area is 145 Å². The van der Waals surface area contributed by atoms with Gasteiger partial charge >= 0.3 is 11.9 Å². The first-order valence-electron chi connectivity index (χ1n) is 7.16. The number of benzene rings is 2. The number of nitrogens with two attached hydrogens (primary N) is 1. The average molecular weight is 362 g/mol. The maximum absolute atomic E-state index is 12.4. The minimum absolute atomic E-state index is 0.0166. The minimum atomic E-state index is -1.94. The van der Waals surface area contributed by atoms with Crippen molar-refractivity contribution in [3.8, 4) is 0 Å². The number of fused-ring (bicyclic) bond motifs is 1. The van der Waals surface area contributed by atoms with Crippen LogP contribution in [0, 0.1) is 0 Å². The third-order valence-corrected chi connectivity index (χ3v) is 3.56. The molecule has 0 spiro atoms. The van der Waals surface area contributed by atoms with Crippen LogP contribution in [0.2, 0.25) is 0 Å². The van der Waals surface area contributed by atoms with E-state index < -0.39 is 58.8 Å². The highest BCUT2D eigenvalue weighted by Crippen LogP contribution is 2.31. The topological polar surface area (TPSA) is 187 Å². The lowest BCUT2D eigenvalue weighted by Crippen LogP contribution is -2.35. The van der Waals surface area contributed by atoms with Crippen LogP contribution in [0.4, 0.5) is 0 Å². The predicted molar refractivity (Wildman–Crippen MR) is 86.9 cm³/mol. The second-order valence-electron chi connectivity index (χ2n) is 5.21. The summed E-state index contributed by atoms with van der Waals surface area (Å²) in [5.41, 5.74) is 2.46. The van der Waals surface area contributed by atoms with Gasteiger partial charge in [-0.1, -0.05) is 24.3 Å². The van der Waals surface area contributed by atoms with Crippen LogP contribution >= 0.6 is 0 Å². The van der Waals surface area contributed by atoms with E-state index >= 15 is 0 Å². The van der Waals surface area contributed by atoms with Gasteiger partial charge in [0, 0.05) is 0 Å². The van der Waals surface area contributed by atoms with Crippen LogP contribution < -0.4 is 11.1 Å². The van der Waals surface area contributed by atoms with E-state index in [0.29, 0.717) is 0 Å². The SMILES string of the molecule is NC(=O)c1c(C(=O)NCC(O)O)c(C(=O)O)c(C(=O)O)c2ccccc12. The number of hydrogen-bond acceptors (Lipinski definition) is 6. The van der Waals surface area contributed by atoms with Crippen molar-refractivity contribution in [2.24, 2.45) is 5.73 Å². The van der Waals surface area contributed by atoms with Gasteiger partial charge in [0.05, 0.1) is 28.8 Å². The van der Waals surface area contributed by atoms with Gasteiger partial charge in [-0.25, -0.2) is 9.59 Å². The molecule has 10 nitrogen and oxygen atoms in total. The molecule has 0 aliphatic carbocycles. The number of carboxylic acid groups (broad SMARTS) is 2. The smallest absolute Gasteiger partial charge is 0.337 e. The van der Waals surface area contributed by atoms with Gasteiger partial charge in [0.2, 0.25) is 5.91 Å². The quantitative estimate of drug-likeness (QED) is 0.366. The highest BCUT2D eigenvalue weighted by atomic mass is 16.5. The normalized spacial score (nSPS) is 10.7. The number of primary amides is 1. The Bertz CT molecular complexity index is 935. The van der Waals surface area contributed by atoms with Crippen LogP contribution in [-0.2, 0) is 0 Å². The molecule has 0 bridgehead atoms. The molecule has 2 rings (SSSR count). The van der Waals surface area contributed by atoms with Crippen molar-refractivity contribution in [1.29, 1.82) is 0 Å². The summed E-state index contributed by atoms with van der Waals surface area (Å²) >= 11 is 0. The van der Waals surface area contributed by atoms with E-state index in [-0.39, 0.29) is 10.8 Å². The van der Waals surface area contributed by atoms with Crippen LogP contribution in [0.3, 0.4) is 0 Å². The number of aliphatic hydroxyl groups is 2. The summed E-state index contributed by atoms with van der Waals surface area (Å²) in [5.74, 6) is -5.70. The second kappa shape index (κ2) is 7.17. The van der Waals surface area contributed by atoms with Gasteiger partial charge in [0.1, 0.15) is 0 Å². The van der Waals surface area contributed by atoms with Gasteiger partial charge in [-0.05, 0) is 10.8 Å². The zero-order chi connectivity index (χ0) is 19.6. The van der Waals surface area contributed by atoms with Crippen LogP contribution in [0.25, 0.3) is 10.8 Å². The maximum atomic E-state index is 12.4. The summed E-state index contributed by atoms with van der Waals surface area (Å²) in [4.78, 5) is 47.7. The van der Waals surface area contributed by atoms with Crippen molar-refractivity contribution >= 4 is 34.5 Å². The van der Waals surface area contributed by atoms with Crippen molar-refractivity contribution in [3.63, 3.8) is 0 Å². The Morgan fingerprint density at radius 2 is 1.38 bits per heavy atom. The van der Waals surface area contributed by atoms with Gasteiger partial charge in [-0.15, -0.1) is 0 Å². The van der Waals surface area contributed by atoms with Crippen molar-refractivity contribution < 1.29 is 39.6 Å². The van der Waals surface area contributed by atoms with Crippen molar-refractivity contribution in [1.82, 2.24) is 5.32 Å². The second-order valence-corrected chi connectivity index (χ2v) is 5.21. The van der Waals surface area contributed by atoms with E-state index in [0.717, 1.165) is 0 Å². The summed E-state index contributed by atoms with van der Waals surface area (Å²) in [6.45, 7) is -0.675. The number of aliphatic hydroxyl groups excluding tert-OH is 1. The zero-order valence-electron chi connectivity index (χ0n) is 13.1. The average Bonchev–Trinajstić information content (AvgIpc) is 2.56. The largest absolute Gasteiger partial charge is 0.478 e. The Morgan fingerprint density at radius 1 is 0.885 bits per heavy atom. The first-order chi connectivity index (χ1) is 12.2. The number of carbonyl (C=O) groups is 4. The summed E-state index contributed by atoms with van der Waals surface area (Å²) < 4.78 is 0. The third kappa shape index (κ3) is 3.31. The van der Waals surface area contributed by atoms with Gasteiger partial charge in [0.25, 0.3) is 5.91 Å². The number of amides is 2. The molecule has 2 amide bonds. The molecule has 26 heavy (non-hydrogen) atoms. The molecule has 2 aromatic rings. The van der Waals surface area contributed by atoms with E-state index in [1.807, 2.05) is 5.32 Å². The molecule has 0 aromatic heterocycles. The van der Waals surface area contributed by atoms with Crippen LogP contribution in [-0.4, -0.2) is 57.0 Å². The van der Waals surface area contributed by atoms with Crippen LogP contribution in [0.1, 0.15) is 41.4 Å². The molecule has 10 heteroatoms. The van der Waals surface area contributed by atoms with Crippen LogP contribution in [0.15, 0.2) is 24.3 Å². The fourth-order valence-electron chi connectivity index (χ4n) is 2.63. The van der Waals surface area contributed by atoms with Crippen molar-refractivity contribution in [2.75, 3.05) is 6.54 Å². The Morgan fingerprint density at radius 3 is 1.81 bits per heavy atom. The Balaban J connectivity index is 2.99. The molecular weight excluding hydrogens is 348 g/mol. The maximum Gasteiger partial charge on any atom is 0.337 e. The fourth-order valence-corrected chi connectivity index (χ4v) is 2.63. The van der Waals surface area contributed by atoms with Gasteiger partial charge in [-0.3, -0.25) is 9.59 Å². The van der Waals surface area contributed by atoms with Crippen LogP contribution in [0.5, 0.6) is 0 Å². The lowest BCUT2D eigenvalue weighted by Gasteiger charge is -2.17. The molecule has 0 saturated carbocycles. The first-order valence-corrected chi connectivity index (χ1v) is 7.16. The van der Waals surface area contributed by atoms with E-state index in [1.54, 1.807) is 0 Å². The molecule has 2 aromatic carbocycles. The molecule has 0 unspecified atom stereocenters. The summed E-state index contributed by atoms with van der Waals surface area (Å²) in [6.07, 6.45) is -1.94. The lowest BCUT2D eigenvalue weighted by atomic mass is 9.88. The van der Waals surface area contributed by atoms with Gasteiger partial charge < -0.3 is 31.5 Å². The molecule has 0 aliphatic rings. The molecule has 0 radical (unpaired) electrons. The van der Waals surface area contributed by atoms with Gasteiger partial charge in [-0.2, -0.15) is 0 Å². The monoisotopic (exact) mass is 362 g/mol. The summed E-state index contributed by atoms with van der Waals surface area (Å²) in [5, 5.41) is 38.6. The molecule has 0 fully saturated rings. The minimum Gasteiger partial charge on any atom is -0.478 e. The fraction of sp³-hybridized carbons (Fsp3) is 0.125. The summed E-state index contributed by atoms with van der Waals surface area (Å²) in [6, 6.07) is 5.51. The number of aromatic carboxylic acids is 2.